The fourth-order valence-electron chi connectivity index (χ4n) is 2.66. The molecule has 0 atom stereocenters. The number of nitrogens with zero attached hydrogens (tertiary/aromatic N) is 5. The number of halogens is 1. The largest absolute Gasteiger partial charge is 0.461 e. The minimum atomic E-state index is -0.276. The van der Waals surface area contributed by atoms with Gasteiger partial charge >= 0.3 is 0 Å². The number of nitrogens with two attached hydrogens (primary N) is 1. The number of carbonyl (C=O) groups is 1. The van der Waals surface area contributed by atoms with E-state index in [0.717, 1.165) is 5.56 Å². The Hall–Kier alpha value is -3.39. The Kier molecular flexibility index (Phi) is 4.25. The summed E-state index contributed by atoms with van der Waals surface area (Å²) in [4.78, 5) is 22.8. The zero-order valence-corrected chi connectivity index (χ0v) is 15.1. The number of carbonyl (C=O) groups excluding carboxylic acids is 1. The zero-order valence-electron chi connectivity index (χ0n) is 14.3. The van der Waals surface area contributed by atoms with E-state index in [1.807, 2.05) is 12.1 Å². The van der Waals surface area contributed by atoms with Crippen LogP contribution in [0.15, 0.2) is 53.1 Å². The van der Waals surface area contributed by atoms with Crippen molar-refractivity contribution >= 4 is 29.1 Å². The molecule has 1 aromatic carbocycles. The highest BCUT2D eigenvalue weighted by Crippen LogP contribution is 2.19. The molecule has 0 saturated heterocycles. The molecule has 9 heteroatoms. The summed E-state index contributed by atoms with van der Waals surface area (Å²) in [6.07, 6.45) is 1.53. The number of rotatable bonds is 4. The van der Waals surface area contributed by atoms with Gasteiger partial charge in [-0.25, -0.2) is 9.97 Å². The topological polar surface area (TPSA) is 103 Å². The molecule has 4 aromatic rings. The van der Waals surface area contributed by atoms with Gasteiger partial charge in [-0.1, -0.05) is 23.7 Å². The van der Waals surface area contributed by atoms with Crippen LogP contribution in [0.1, 0.15) is 16.1 Å². The van der Waals surface area contributed by atoms with E-state index in [2.05, 4.69) is 15.1 Å². The van der Waals surface area contributed by atoms with Gasteiger partial charge in [0.1, 0.15) is 5.69 Å². The summed E-state index contributed by atoms with van der Waals surface area (Å²) in [5.74, 6) is 0.668. The van der Waals surface area contributed by atoms with Gasteiger partial charge in [-0.3, -0.25) is 4.79 Å². The van der Waals surface area contributed by atoms with Gasteiger partial charge in [0.25, 0.3) is 5.91 Å². The van der Waals surface area contributed by atoms with Crippen LogP contribution < -0.4 is 5.73 Å². The molecule has 0 radical (unpaired) electrons. The Morgan fingerprint density at radius 3 is 2.74 bits per heavy atom. The average molecular weight is 383 g/mol. The van der Waals surface area contributed by atoms with Crippen molar-refractivity contribution in [3.63, 3.8) is 0 Å². The summed E-state index contributed by atoms with van der Waals surface area (Å²) in [6, 6.07) is 12.3. The number of nitrogen functional groups attached to an aromatic ring is 1. The fourth-order valence-corrected chi connectivity index (χ4v) is 2.79. The van der Waals surface area contributed by atoms with E-state index in [9.17, 15) is 4.79 Å². The van der Waals surface area contributed by atoms with Gasteiger partial charge in [-0.2, -0.15) is 4.52 Å². The molecular weight excluding hydrogens is 368 g/mol. The van der Waals surface area contributed by atoms with Gasteiger partial charge in [-0.05, 0) is 29.8 Å². The van der Waals surface area contributed by atoms with Crippen LogP contribution in [0.2, 0.25) is 5.02 Å². The summed E-state index contributed by atoms with van der Waals surface area (Å²) < 4.78 is 6.66. The number of hydrogen-bond donors (Lipinski definition) is 1. The van der Waals surface area contributed by atoms with Gasteiger partial charge in [-0.15, -0.1) is 5.10 Å². The number of hydrogen-bond acceptors (Lipinski definition) is 6. The van der Waals surface area contributed by atoms with E-state index in [-0.39, 0.29) is 17.5 Å². The van der Waals surface area contributed by atoms with Crippen molar-refractivity contribution in [1.29, 1.82) is 0 Å². The lowest BCUT2D eigenvalue weighted by molar-refractivity contribution is 0.0779. The number of benzene rings is 1. The van der Waals surface area contributed by atoms with Crippen molar-refractivity contribution in [2.45, 2.75) is 6.54 Å². The quantitative estimate of drug-likeness (QED) is 0.582. The molecule has 3 heterocycles. The molecule has 0 bridgehead atoms. The first-order chi connectivity index (χ1) is 13.0. The third-order valence-corrected chi connectivity index (χ3v) is 4.24. The van der Waals surface area contributed by atoms with E-state index >= 15 is 0 Å². The van der Waals surface area contributed by atoms with Crippen molar-refractivity contribution < 1.29 is 9.21 Å². The molecule has 0 aliphatic rings. The second-order valence-corrected chi connectivity index (χ2v) is 6.41. The predicted octanol–water partition coefficient (Wildman–Crippen LogP) is 2.89. The molecule has 2 N–H and O–H groups in total. The molecule has 0 aliphatic carbocycles. The predicted molar refractivity (Wildman–Crippen MR) is 100 cm³/mol. The van der Waals surface area contributed by atoms with Crippen molar-refractivity contribution in [1.82, 2.24) is 24.5 Å². The van der Waals surface area contributed by atoms with Gasteiger partial charge in [0.05, 0.1) is 6.26 Å². The second-order valence-electron chi connectivity index (χ2n) is 5.97. The molecule has 8 nitrogen and oxygen atoms in total. The normalized spacial score (nSPS) is 11.0. The Morgan fingerprint density at radius 2 is 2.04 bits per heavy atom. The van der Waals surface area contributed by atoms with Crippen LogP contribution in [0.3, 0.4) is 0 Å². The van der Waals surface area contributed by atoms with Crippen molar-refractivity contribution in [2.24, 2.45) is 0 Å². The van der Waals surface area contributed by atoms with Crippen molar-refractivity contribution in [2.75, 3.05) is 12.8 Å². The van der Waals surface area contributed by atoms with Crippen LogP contribution in [0.5, 0.6) is 0 Å². The highest BCUT2D eigenvalue weighted by Gasteiger charge is 2.18. The lowest BCUT2D eigenvalue weighted by atomic mass is 10.2. The molecule has 0 fully saturated rings. The Labute approximate surface area is 159 Å². The van der Waals surface area contributed by atoms with Crippen LogP contribution in [-0.4, -0.2) is 37.4 Å². The summed E-state index contributed by atoms with van der Waals surface area (Å²) in [5, 5.41) is 4.91. The zero-order chi connectivity index (χ0) is 19.0. The smallest absolute Gasteiger partial charge is 0.272 e. The number of aromatic nitrogens is 4. The fraction of sp³-hybridized carbons (Fsp3) is 0.111. The number of furan rings is 1. The van der Waals surface area contributed by atoms with Crippen LogP contribution in [0.4, 0.5) is 5.95 Å². The Morgan fingerprint density at radius 1 is 1.26 bits per heavy atom. The van der Waals surface area contributed by atoms with Crippen molar-refractivity contribution in [3.8, 4) is 11.6 Å². The number of amides is 1. The maximum absolute atomic E-state index is 12.8. The Bertz CT molecular complexity index is 1110. The molecule has 0 aliphatic heterocycles. The molecular formula is C18H15ClN6O2. The van der Waals surface area contributed by atoms with Crippen LogP contribution in [0.25, 0.3) is 17.2 Å². The molecule has 0 unspecified atom stereocenters. The van der Waals surface area contributed by atoms with Gasteiger partial charge in [0.2, 0.25) is 11.8 Å². The lowest BCUT2D eigenvalue weighted by Gasteiger charge is -2.17. The molecule has 0 spiro atoms. The van der Waals surface area contributed by atoms with E-state index < -0.39 is 0 Å². The van der Waals surface area contributed by atoms with E-state index in [1.54, 1.807) is 42.3 Å². The minimum Gasteiger partial charge on any atom is -0.461 e. The standard InChI is InChI=1S/C18H15ClN6O2/c1-24(10-11-4-6-12(19)7-5-11)17(26)13-9-15-22-16(14-3-2-8-27-14)23-25(15)18(20)21-13/h2-9H,10H2,1H3,(H2,20,21). The summed E-state index contributed by atoms with van der Waals surface area (Å²) in [5.41, 5.74) is 7.52. The average Bonchev–Trinajstić information content (AvgIpc) is 3.32. The highest BCUT2D eigenvalue weighted by molar-refractivity contribution is 6.30. The van der Waals surface area contributed by atoms with Gasteiger partial charge in [0, 0.05) is 24.7 Å². The first-order valence-electron chi connectivity index (χ1n) is 8.08. The maximum Gasteiger partial charge on any atom is 0.272 e. The molecule has 27 heavy (non-hydrogen) atoms. The number of fused-ring (bicyclic) bond motifs is 1. The third-order valence-electron chi connectivity index (χ3n) is 3.99. The highest BCUT2D eigenvalue weighted by atomic mass is 35.5. The minimum absolute atomic E-state index is 0.0704. The number of anilines is 1. The molecule has 0 saturated carbocycles. The monoisotopic (exact) mass is 382 g/mol. The van der Waals surface area contributed by atoms with Crippen LogP contribution in [-0.2, 0) is 6.54 Å². The first-order valence-corrected chi connectivity index (χ1v) is 8.46. The SMILES string of the molecule is CN(Cc1ccc(Cl)cc1)C(=O)c1cc2nc(-c3ccco3)nn2c(N)n1. The molecule has 1 amide bonds. The molecule has 136 valence electrons. The third kappa shape index (κ3) is 3.34. The molecule has 4 rings (SSSR count). The summed E-state index contributed by atoms with van der Waals surface area (Å²) >= 11 is 5.89. The maximum atomic E-state index is 12.8. The Balaban J connectivity index is 1.62. The molecule has 3 aromatic heterocycles. The van der Waals surface area contributed by atoms with E-state index in [4.69, 9.17) is 21.8 Å². The lowest BCUT2D eigenvalue weighted by Crippen LogP contribution is -2.27. The van der Waals surface area contributed by atoms with Gasteiger partial charge in [0.15, 0.2) is 11.4 Å². The van der Waals surface area contributed by atoms with E-state index in [1.165, 1.54) is 10.8 Å². The van der Waals surface area contributed by atoms with E-state index in [0.29, 0.717) is 28.8 Å². The van der Waals surface area contributed by atoms with Crippen LogP contribution in [0, 0.1) is 0 Å². The van der Waals surface area contributed by atoms with Crippen LogP contribution >= 0.6 is 11.6 Å². The summed E-state index contributed by atoms with van der Waals surface area (Å²) in [7, 11) is 1.69. The van der Waals surface area contributed by atoms with Gasteiger partial charge < -0.3 is 15.1 Å². The second kappa shape index (κ2) is 6.73. The summed E-state index contributed by atoms with van der Waals surface area (Å²) in [6.45, 7) is 0.410. The first kappa shape index (κ1) is 17.0. The van der Waals surface area contributed by atoms with Crippen molar-refractivity contribution in [3.05, 3.63) is 65.0 Å².